The third kappa shape index (κ3) is 2.45. The Morgan fingerprint density at radius 3 is 2.23 bits per heavy atom. The van der Waals surface area contributed by atoms with E-state index in [0.29, 0.717) is 13.0 Å². The van der Waals surface area contributed by atoms with E-state index in [-0.39, 0.29) is 27.6 Å². The van der Waals surface area contributed by atoms with Crippen LogP contribution >= 0.6 is 0 Å². The number of carbonyl (C=O) groups is 1. The molecule has 0 aromatic carbocycles. The average molecular weight is 485 g/mol. The molecule has 6 rings (SSSR count). The van der Waals surface area contributed by atoms with Gasteiger partial charge in [0.25, 0.3) is 0 Å². The van der Waals surface area contributed by atoms with E-state index >= 15 is 0 Å². The summed E-state index contributed by atoms with van der Waals surface area (Å²) in [5, 5.41) is 32.6. The average Bonchev–Trinajstić information content (AvgIpc) is 2.95. The van der Waals surface area contributed by atoms with Crippen LogP contribution < -0.4 is 0 Å². The van der Waals surface area contributed by atoms with Crippen molar-refractivity contribution in [3.63, 3.8) is 0 Å². The van der Waals surface area contributed by atoms with Gasteiger partial charge in [0.15, 0.2) is 0 Å². The van der Waals surface area contributed by atoms with Crippen LogP contribution in [0.25, 0.3) is 0 Å². The first-order valence-corrected chi connectivity index (χ1v) is 13.8. The van der Waals surface area contributed by atoms with Gasteiger partial charge in [-0.25, -0.2) is 0 Å². The van der Waals surface area contributed by atoms with Crippen molar-refractivity contribution in [3.8, 4) is 0 Å². The highest BCUT2D eigenvalue weighted by atomic mass is 16.5. The Balaban J connectivity index is 1.53. The van der Waals surface area contributed by atoms with Crippen molar-refractivity contribution in [1.29, 1.82) is 0 Å². The van der Waals surface area contributed by atoms with Gasteiger partial charge in [0.05, 0.1) is 29.8 Å². The lowest BCUT2D eigenvalue weighted by Crippen LogP contribution is -2.69. The molecule has 2 bridgehead atoms. The van der Waals surface area contributed by atoms with Gasteiger partial charge in [-0.15, -0.1) is 0 Å². The van der Waals surface area contributed by atoms with Crippen LogP contribution in [0.15, 0.2) is 23.3 Å². The molecular formula is C30H44O5. The number of ether oxygens (including phenoxy) is 1. The number of aliphatic carboxylic acids is 1. The van der Waals surface area contributed by atoms with Gasteiger partial charge in [0.1, 0.15) is 0 Å². The number of aliphatic hydroxyl groups is 2. The van der Waals surface area contributed by atoms with E-state index in [4.69, 9.17) is 4.74 Å². The first-order chi connectivity index (χ1) is 16.1. The molecule has 0 amide bonds. The summed E-state index contributed by atoms with van der Waals surface area (Å²) in [6.07, 6.45) is 9.54. The first-order valence-electron chi connectivity index (χ1n) is 13.8. The highest BCUT2D eigenvalue weighted by molar-refractivity contribution is 5.77. The Morgan fingerprint density at radius 1 is 0.886 bits per heavy atom. The maximum atomic E-state index is 12.8. The van der Waals surface area contributed by atoms with Crippen molar-refractivity contribution in [1.82, 2.24) is 0 Å². The molecule has 6 aliphatic rings. The fourth-order valence-corrected chi connectivity index (χ4v) is 10.2. The second kappa shape index (κ2) is 6.63. The number of rotatable bonds is 1. The van der Waals surface area contributed by atoms with E-state index in [1.165, 1.54) is 11.1 Å². The largest absolute Gasteiger partial charge is 0.481 e. The Morgan fingerprint density at radius 2 is 1.54 bits per heavy atom. The minimum Gasteiger partial charge on any atom is -0.481 e. The topological polar surface area (TPSA) is 87.0 Å². The van der Waals surface area contributed by atoms with Gasteiger partial charge in [0, 0.05) is 22.7 Å². The zero-order valence-corrected chi connectivity index (χ0v) is 22.4. The maximum Gasteiger partial charge on any atom is 0.310 e. The standard InChI is InChI=1S/C30H44O5/c1-24(2)9-13-29(23(33)34)14-11-25(3)18(19(29)15-24)7-8-21-26(25,4)10-12-28(6)27(5)17-35-30(21,28)16-20(31)22(27)32/h7-8,19-20,22,31-32H,9-17H2,1-6H3,(H,33,34). The predicted octanol–water partition coefficient (Wildman–Crippen LogP) is 5.26. The number of hydrogen-bond acceptors (Lipinski definition) is 4. The molecule has 1 aliphatic heterocycles. The van der Waals surface area contributed by atoms with Crippen LogP contribution in [0.4, 0.5) is 0 Å². The lowest BCUT2D eigenvalue weighted by molar-refractivity contribution is -0.193. The fourth-order valence-electron chi connectivity index (χ4n) is 10.2. The van der Waals surface area contributed by atoms with Crippen molar-refractivity contribution >= 4 is 5.97 Å². The summed E-state index contributed by atoms with van der Waals surface area (Å²) in [5.41, 5.74) is 0.443. The van der Waals surface area contributed by atoms with Crippen LogP contribution in [0, 0.1) is 38.4 Å². The molecule has 194 valence electrons. The SMILES string of the molecule is CC1(C)CCC2(C(=O)O)CCC3(C)C(=CC=C4C3(C)CCC3(C)C45CC(O)C(O)C3(C)CO5)C2C1. The summed E-state index contributed by atoms with van der Waals surface area (Å²) < 4.78 is 6.76. The molecule has 1 heterocycles. The molecule has 5 nitrogen and oxygen atoms in total. The Bertz CT molecular complexity index is 1060. The van der Waals surface area contributed by atoms with Gasteiger partial charge in [-0.05, 0) is 67.3 Å². The number of aliphatic hydroxyl groups excluding tert-OH is 2. The van der Waals surface area contributed by atoms with Crippen LogP contribution in [0.1, 0.15) is 92.9 Å². The molecule has 5 aliphatic carbocycles. The zero-order chi connectivity index (χ0) is 25.4. The van der Waals surface area contributed by atoms with Crippen molar-refractivity contribution in [2.24, 2.45) is 38.4 Å². The van der Waals surface area contributed by atoms with Gasteiger partial charge >= 0.3 is 5.97 Å². The fraction of sp³-hybridized carbons (Fsp3) is 0.833. The molecular weight excluding hydrogens is 440 g/mol. The van der Waals surface area contributed by atoms with Crippen LogP contribution in [0.2, 0.25) is 0 Å². The van der Waals surface area contributed by atoms with E-state index < -0.39 is 34.6 Å². The number of carboxylic acid groups (broad SMARTS) is 1. The van der Waals surface area contributed by atoms with E-state index in [1.807, 2.05) is 0 Å². The molecule has 5 fully saturated rings. The number of fused-ring (bicyclic) bond motifs is 5. The number of carboxylic acids is 1. The minimum atomic E-state index is -0.804. The summed E-state index contributed by atoms with van der Waals surface area (Å²) in [6.45, 7) is 14.2. The predicted molar refractivity (Wildman–Crippen MR) is 134 cm³/mol. The molecule has 5 heteroatoms. The minimum absolute atomic E-state index is 0.0523. The third-order valence-electron chi connectivity index (χ3n) is 13.3. The van der Waals surface area contributed by atoms with Crippen molar-refractivity contribution in [3.05, 3.63) is 23.3 Å². The van der Waals surface area contributed by atoms with Gasteiger partial charge in [0.2, 0.25) is 0 Å². The second-order valence-corrected chi connectivity index (χ2v) is 14.8. The van der Waals surface area contributed by atoms with Gasteiger partial charge in [-0.2, -0.15) is 0 Å². The summed E-state index contributed by atoms with van der Waals surface area (Å²) in [6, 6.07) is 0. The van der Waals surface area contributed by atoms with Crippen LogP contribution in [0.5, 0.6) is 0 Å². The molecule has 0 aromatic heterocycles. The highest BCUT2D eigenvalue weighted by Gasteiger charge is 2.77. The molecule has 3 N–H and O–H groups in total. The van der Waals surface area contributed by atoms with E-state index in [0.717, 1.165) is 44.9 Å². The highest BCUT2D eigenvalue weighted by Crippen LogP contribution is 2.77. The lowest BCUT2D eigenvalue weighted by Gasteiger charge is -2.69. The smallest absolute Gasteiger partial charge is 0.310 e. The molecule has 0 aromatic rings. The molecule has 0 spiro atoms. The van der Waals surface area contributed by atoms with Crippen LogP contribution in [-0.2, 0) is 9.53 Å². The van der Waals surface area contributed by atoms with Gasteiger partial charge in [-0.3, -0.25) is 4.79 Å². The van der Waals surface area contributed by atoms with E-state index in [9.17, 15) is 20.1 Å². The number of hydrogen-bond donors (Lipinski definition) is 3. The number of allylic oxidation sites excluding steroid dienone is 3. The summed E-state index contributed by atoms with van der Waals surface area (Å²) >= 11 is 0. The van der Waals surface area contributed by atoms with Crippen molar-refractivity contribution < 1.29 is 24.9 Å². The first kappa shape index (κ1) is 24.2. The molecule has 35 heavy (non-hydrogen) atoms. The van der Waals surface area contributed by atoms with Crippen molar-refractivity contribution in [2.45, 2.75) is 111 Å². The Kier molecular flexibility index (Phi) is 4.58. The summed E-state index contributed by atoms with van der Waals surface area (Å²) in [4.78, 5) is 12.8. The molecule has 0 radical (unpaired) electrons. The van der Waals surface area contributed by atoms with Gasteiger partial charge < -0.3 is 20.1 Å². The third-order valence-corrected chi connectivity index (χ3v) is 13.3. The Labute approximate surface area is 210 Å². The van der Waals surface area contributed by atoms with E-state index in [1.54, 1.807) is 0 Å². The van der Waals surface area contributed by atoms with E-state index in [2.05, 4.69) is 53.7 Å². The maximum absolute atomic E-state index is 12.8. The second-order valence-electron chi connectivity index (χ2n) is 14.8. The Hall–Kier alpha value is -1.17. The quantitative estimate of drug-likeness (QED) is 0.473. The van der Waals surface area contributed by atoms with Crippen molar-refractivity contribution in [2.75, 3.05) is 6.61 Å². The summed E-state index contributed by atoms with van der Waals surface area (Å²) in [7, 11) is 0. The molecule has 9 unspecified atom stereocenters. The molecule has 9 atom stereocenters. The summed E-state index contributed by atoms with van der Waals surface area (Å²) in [5.74, 6) is -0.563. The van der Waals surface area contributed by atoms with Crippen LogP contribution in [-0.4, -0.2) is 45.7 Å². The normalized spacial score (nSPS) is 56.1. The monoisotopic (exact) mass is 484 g/mol. The lowest BCUT2D eigenvalue weighted by atomic mass is 9.35. The zero-order valence-electron chi connectivity index (χ0n) is 22.4. The van der Waals surface area contributed by atoms with Crippen LogP contribution in [0.3, 0.4) is 0 Å². The molecule has 1 saturated heterocycles. The van der Waals surface area contributed by atoms with Gasteiger partial charge in [-0.1, -0.05) is 59.3 Å². The molecule has 4 saturated carbocycles.